The molecule has 6 nitrogen and oxygen atoms in total. The van der Waals surface area contributed by atoms with Gasteiger partial charge in [0.05, 0.1) is 18.3 Å². The van der Waals surface area contributed by atoms with Gasteiger partial charge in [-0.15, -0.1) is 0 Å². The molecule has 78 valence electrons. The summed E-state index contributed by atoms with van der Waals surface area (Å²) < 4.78 is 0. The first-order valence-electron chi connectivity index (χ1n) is 3.81. The van der Waals surface area contributed by atoms with Crippen molar-refractivity contribution < 1.29 is 30.3 Å². The van der Waals surface area contributed by atoms with E-state index in [2.05, 4.69) is 0 Å². The van der Waals surface area contributed by atoms with E-state index in [0.717, 1.165) is 0 Å². The van der Waals surface area contributed by atoms with E-state index in [1.807, 2.05) is 0 Å². The van der Waals surface area contributed by atoms with Gasteiger partial charge in [-0.05, 0) is 6.92 Å². The molecule has 5 N–H and O–H groups in total. The lowest BCUT2D eigenvalue weighted by atomic mass is 10.0. The van der Waals surface area contributed by atoms with Crippen LogP contribution < -0.4 is 0 Å². The quantitative estimate of drug-likeness (QED) is 0.343. The van der Waals surface area contributed by atoms with Crippen LogP contribution in [0.25, 0.3) is 0 Å². The fourth-order valence-corrected chi connectivity index (χ4v) is 0.738. The Morgan fingerprint density at radius 3 is 1.92 bits per heavy atom. The van der Waals surface area contributed by atoms with E-state index < -0.39 is 30.4 Å². The smallest absolute Gasteiger partial charge is 0.335 e. The second-order valence-corrected chi connectivity index (χ2v) is 2.89. The molecule has 0 heterocycles. The van der Waals surface area contributed by atoms with Crippen molar-refractivity contribution in [3.8, 4) is 0 Å². The second-order valence-electron chi connectivity index (χ2n) is 2.89. The molecule has 0 radical (unpaired) electrons. The molecule has 6 heteroatoms. The van der Waals surface area contributed by atoms with Gasteiger partial charge in [0.2, 0.25) is 0 Å². The molecule has 0 saturated carbocycles. The van der Waals surface area contributed by atoms with E-state index >= 15 is 0 Å². The van der Waals surface area contributed by atoms with Crippen molar-refractivity contribution in [1.29, 1.82) is 0 Å². The maximum atomic E-state index is 10.1. The number of carboxylic acid groups (broad SMARTS) is 1. The summed E-state index contributed by atoms with van der Waals surface area (Å²) in [4.78, 5) is 10.1. The Morgan fingerprint density at radius 1 is 1.15 bits per heavy atom. The van der Waals surface area contributed by atoms with Gasteiger partial charge in [-0.25, -0.2) is 4.79 Å². The molecule has 0 bridgehead atoms. The Morgan fingerprint density at radius 2 is 1.62 bits per heavy atom. The van der Waals surface area contributed by atoms with E-state index in [0.29, 0.717) is 0 Å². The largest absolute Gasteiger partial charge is 0.479 e. The van der Waals surface area contributed by atoms with Gasteiger partial charge >= 0.3 is 5.97 Å². The summed E-state index contributed by atoms with van der Waals surface area (Å²) in [5.41, 5.74) is 0. The minimum atomic E-state index is -1.94. The molecule has 0 aromatic rings. The summed E-state index contributed by atoms with van der Waals surface area (Å²) in [5, 5.41) is 43.9. The predicted octanol–water partition coefficient (Wildman–Crippen LogP) is -2.08. The van der Waals surface area contributed by atoms with Gasteiger partial charge in [0, 0.05) is 6.42 Å². The molecule has 0 rings (SSSR count). The molecule has 0 aliphatic rings. The minimum Gasteiger partial charge on any atom is -0.479 e. The van der Waals surface area contributed by atoms with Crippen LogP contribution in [0.2, 0.25) is 0 Å². The molecule has 0 amide bonds. The summed E-state index contributed by atoms with van der Waals surface area (Å²) in [6.45, 7) is 1.30. The van der Waals surface area contributed by atoms with Crippen molar-refractivity contribution in [3.63, 3.8) is 0 Å². The Balaban J connectivity index is 3.99. The lowest BCUT2D eigenvalue weighted by Crippen LogP contribution is -2.38. The van der Waals surface area contributed by atoms with Crippen molar-refractivity contribution in [1.82, 2.24) is 0 Å². The zero-order chi connectivity index (χ0) is 10.6. The monoisotopic (exact) mass is 194 g/mol. The van der Waals surface area contributed by atoms with E-state index in [1.54, 1.807) is 0 Å². The lowest BCUT2D eigenvalue weighted by Gasteiger charge is -2.19. The number of hydrogen-bond donors (Lipinski definition) is 5. The third kappa shape index (κ3) is 4.18. The number of aliphatic hydroxyl groups excluding tert-OH is 4. The van der Waals surface area contributed by atoms with E-state index in [1.165, 1.54) is 6.92 Å². The van der Waals surface area contributed by atoms with Crippen molar-refractivity contribution >= 4 is 5.97 Å². The van der Waals surface area contributed by atoms with E-state index in [-0.39, 0.29) is 6.42 Å². The average Bonchev–Trinajstić information content (AvgIpc) is 2.02. The van der Waals surface area contributed by atoms with Gasteiger partial charge < -0.3 is 25.5 Å². The number of hydrogen-bond acceptors (Lipinski definition) is 5. The van der Waals surface area contributed by atoms with Crippen LogP contribution in [0.3, 0.4) is 0 Å². The number of carbonyl (C=O) groups is 1. The number of aliphatic hydroxyl groups is 4. The van der Waals surface area contributed by atoms with Crippen LogP contribution in [0.1, 0.15) is 13.3 Å². The maximum Gasteiger partial charge on any atom is 0.335 e. The van der Waals surface area contributed by atoms with Crippen LogP contribution in [0.5, 0.6) is 0 Å². The highest BCUT2D eigenvalue weighted by atomic mass is 16.4. The lowest BCUT2D eigenvalue weighted by molar-refractivity contribution is -0.154. The standard InChI is InChI=1S/C7H14O6/c1-3(8)4(9)2-5(10)6(11)7(12)13/h3-6,8-11H,2H2,1H3,(H,12,13). The highest BCUT2D eigenvalue weighted by molar-refractivity contribution is 5.72. The summed E-state index contributed by atoms with van der Waals surface area (Å²) in [5.74, 6) is -1.56. The molecular weight excluding hydrogens is 180 g/mol. The molecule has 4 unspecified atom stereocenters. The van der Waals surface area contributed by atoms with Crippen LogP contribution in [-0.2, 0) is 4.79 Å². The maximum absolute atomic E-state index is 10.1. The normalized spacial score (nSPS) is 20.4. The van der Waals surface area contributed by atoms with Crippen molar-refractivity contribution in [2.24, 2.45) is 0 Å². The van der Waals surface area contributed by atoms with Crippen molar-refractivity contribution in [2.45, 2.75) is 37.8 Å². The molecule has 0 aromatic carbocycles. The third-order valence-corrected chi connectivity index (χ3v) is 1.66. The topological polar surface area (TPSA) is 118 Å². The molecule has 0 spiro atoms. The minimum absolute atomic E-state index is 0.384. The highest BCUT2D eigenvalue weighted by Gasteiger charge is 2.27. The zero-order valence-corrected chi connectivity index (χ0v) is 7.16. The Labute approximate surface area is 75.1 Å². The predicted molar refractivity (Wildman–Crippen MR) is 42.0 cm³/mol. The number of carboxylic acids is 1. The second kappa shape index (κ2) is 5.13. The first-order chi connectivity index (χ1) is 5.86. The molecule has 0 saturated heterocycles. The van der Waals surface area contributed by atoms with Crippen LogP contribution in [-0.4, -0.2) is 55.9 Å². The molecular formula is C7H14O6. The first kappa shape index (κ1) is 12.3. The summed E-state index contributed by atoms with van der Waals surface area (Å²) in [6, 6.07) is 0. The van der Waals surface area contributed by atoms with Gasteiger partial charge in [0.15, 0.2) is 6.10 Å². The van der Waals surface area contributed by atoms with E-state index in [9.17, 15) is 4.79 Å². The average molecular weight is 194 g/mol. The van der Waals surface area contributed by atoms with Crippen molar-refractivity contribution in [3.05, 3.63) is 0 Å². The van der Waals surface area contributed by atoms with Crippen LogP contribution >= 0.6 is 0 Å². The highest BCUT2D eigenvalue weighted by Crippen LogP contribution is 2.06. The Kier molecular flexibility index (Phi) is 4.86. The van der Waals surface area contributed by atoms with Gasteiger partial charge in [0.25, 0.3) is 0 Å². The zero-order valence-electron chi connectivity index (χ0n) is 7.16. The Hall–Kier alpha value is -0.690. The van der Waals surface area contributed by atoms with Crippen molar-refractivity contribution in [2.75, 3.05) is 0 Å². The fraction of sp³-hybridized carbons (Fsp3) is 0.857. The summed E-state index contributed by atoms with van der Waals surface area (Å²) >= 11 is 0. The van der Waals surface area contributed by atoms with E-state index in [4.69, 9.17) is 25.5 Å². The van der Waals surface area contributed by atoms with Crippen LogP contribution in [0, 0.1) is 0 Å². The van der Waals surface area contributed by atoms with Crippen LogP contribution in [0.4, 0.5) is 0 Å². The van der Waals surface area contributed by atoms with Gasteiger partial charge in [-0.2, -0.15) is 0 Å². The third-order valence-electron chi connectivity index (χ3n) is 1.66. The summed E-state index contributed by atoms with van der Waals surface area (Å²) in [6.07, 6.45) is -6.22. The molecule has 0 aromatic heterocycles. The van der Waals surface area contributed by atoms with Gasteiger partial charge in [-0.1, -0.05) is 0 Å². The summed E-state index contributed by atoms with van der Waals surface area (Å²) in [7, 11) is 0. The van der Waals surface area contributed by atoms with Crippen LogP contribution in [0.15, 0.2) is 0 Å². The van der Waals surface area contributed by atoms with Gasteiger partial charge in [-0.3, -0.25) is 0 Å². The SMILES string of the molecule is CC(O)C(O)CC(O)C(O)C(=O)O. The molecule has 4 atom stereocenters. The Bertz CT molecular complexity index is 168. The fourth-order valence-electron chi connectivity index (χ4n) is 0.738. The first-order valence-corrected chi connectivity index (χ1v) is 3.81. The number of rotatable bonds is 5. The molecule has 13 heavy (non-hydrogen) atoms. The molecule has 0 fully saturated rings. The molecule has 0 aliphatic heterocycles. The van der Waals surface area contributed by atoms with Gasteiger partial charge in [0.1, 0.15) is 0 Å². The number of aliphatic carboxylic acids is 1. The molecule has 0 aliphatic carbocycles.